The molecule has 0 amide bonds. The number of aromatic nitrogens is 1. The smallest absolute Gasteiger partial charge is 0.0555 e. The second-order valence-electron chi connectivity index (χ2n) is 13.0. The first kappa shape index (κ1) is 29.5. The molecule has 0 fully saturated rings. The molecule has 2 nitrogen and oxygen atoms in total. The summed E-state index contributed by atoms with van der Waals surface area (Å²) in [4.78, 5) is 2.32. The zero-order valence-electron chi connectivity index (χ0n) is 27.8. The lowest BCUT2D eigenvalue weighted by molar-refractivity contribution is 1.18. The Morgan fingerprint density at radius 2 is 0.863 bits per heavy atom. The standard InChI is InChI=1S/C48H32N2S/c1-3-11-33(12-4-1)34-19-25-38(26-20-34)49(37-13-5-2-6-14-37)39-27-21-35(22-28-39)36-23-29-40(30-24-36)50-44-17-9-7-16-43(44)47-45(50)32-31-42-41-15-8-10-18-46(41)51-48(42)47/h1-32H. The molecule has 2 heterocycles. The van der Waals surface area contributed by atoms with E-state index in [1.54, 1.807) is 0 Å². The van der Waals surface area contributed by atoms with Gasteiger partial charge in [0.25, 0.3) is 0 Å². The fourth-order valence-electron chi connectivity index (χ4n) is 7.58. The molecule has 240 valence electrons. The topological polar surface area (TPSA) is 8.17 Å². The maximum Gasteiger partial charge on any atom is 0.0555 e. The van der Waals surface area contributed by atoms with Gasteiger partial charge in [-0.1, -0.05) is 127 Å². The minimum absolute atomic E-state index is 1.12. The largest absolute Gasteiger partial charge is 0.311 e. The molecule has 0 radical (unpaired) electrons. The summed E-state index contributed by atoms with van der Waals surface area (Å²) in [5.74, 6) is 0. The van der Waals surface area contributed by atoms with Crippen LogP contribution >= 0.6 is 11.3 Å². The van der Waals surface area contributed by atoms with Crippen molar-refractivity contribution < 1.29 is 0 Å². The predicted molar refractivity (Wildman–Crippen MR) is 219 cm³/mol. The minimum atomic E-state index is 1.12. The molecule has 0 unspecified atom stereocenters. The molecule has 0 atom stereocenters. The number of fused-ring (bicyclic) bond motifs is 7. The average Bonchev–Trinajstić information content (AvgIpc) is 3.75. The number of hydrogen-bond acceptors (Lipinski definition) is 2. The van der Waals surface area contributed by atoms with Crippen molar-refractivity contribution in [3.63, 3.8) is 0 Å². The van der Waals surface area contributed by atoms with Crippen LogP contribution in [0.25, 0.3) is 69.9 Å². The van der Waals surface area contributed by atoms with Gasteiger partial charge in [-0.25, -0.2) is 0 Å². The zero-order chi connectivity index (χ0) is 33.7. The lowest BCUT2D eigenvalue weighted by Gasteiger charge is -2.26. The molecule has 10 aromatic rings. The quantitative estimate of drug-likeness (QED) is 0.171. The first-order valence-corrected chi connectivity index (χ1v) is 18.2. The predicted octanol–water partition coefficient (Wildman–Crippen LogP) is 14.0. The molecule has 0 aliphatic rings. The third-order valence-corrected chi connectivity index (χ3v) is 11.2. The van der Waals surface area contributed by atoms with Gasteiger partial charge in [-0.05, 0) is 89.0 Å². The van der Waals surface area contributed by atoms with Crippen LogP contribution in [-0.4, -0.2) is 4.57 Å². The molecular weight excluding hydrogens is 637 g/mol. The third kappa shape index (κ3) is 5.01. The molecule has 2 aromatic heterocycles. The number of nitrogens with zero attached hydrogens (tertiary/aromatic N) is 2. The molecule has 3 heteroatoms. The van der Waals surface area contributed by atoms with Gasteiger partial charge in [0.2, 0.25) is 0 Å². The van der Waals surface area contributed by atoms with Crippen LogP contribution in [0.4, 0.5) is 17.1 Å². The molecule has 0 aliphatic heterocycles. The summed E-state index contributed by atoms with van der Waals surface area (Å²) >= 11 is 1.90. The van der Waals surface area contributed by atoms with Gasteiger partial charge in [-0.2, -0.15) is 0 Å². The van der Waals surface area contributed by atoms with E-state index < -0.39 is 0 Å². The Hall–Kier alpha value is -6.42. The van der Waals surface area contributed by atoms with Crippen LogP contribution in [0.15, 0.2) is 194 Å². The second-order valence-corrected chi connectivity index (χ2v) is 14.0. The first-order valence-electron chi connectivity index (χ1n) is 17.4. The van der Waals surface area contributed by atoms with Gasteiger partial charge >= 0.3 is 0 Å². The van der Waals surface area contributed by atoms with Crippen molar-refractivity contribution in [1.29, 1.82) is 0 Å². The van der Waals surface area contributed by atoms with Gasteiger partial charge in [0.05, 0.1) is 11.0 Å². The summed E-state index contributed by atoms with van der Waals surface area (Å²) in [6.45, 7) is 0. The van der Waals surface area contributed by atoms with Crippen molar-refractivity contribution in [2.75, 3.05) is 4.90 Å². The Bertz CT molecular complexity index is 2810. The van der Waals surface area contributed by atoms with Gasteiger partial charge in [-0.15, -0.1) is 11.3 Å². The number of benzene rings is 8. The summed E-state index contributed by atoms with van der Waals surface area (Å²) in [5, 5.41) is 5.29. The monoisotopic (exact) mass is 668 g/mol. The number of anilines is 3. The van der Waals surface area contributed by atoms with E-state index >= 15 is 0 Å². The van der Waals surface area contributed by atoms with Crippen LogP contribution in [0, 0.1) is 0 Å². The zero-order valence-corrected chi connectivity index (χ0v) is 28.6. The molecule has 8 aromatic carbocycles. The first-order chi connectivity index (χ1) is 25.3. The Kier molecular flexibility index (Phi) is 7.04. The van der Waals surface area contributed by atoms with Crippen LogP contribution in [0.1, 0.15) is 0 Å². The molecule has 0 saturated carbocycles. The molecule has 0 spiro atoms. The molecule has 0 bridgehead atoms. The van der Waals surface area contributed by atoms with Crippen molar-refractivity contribution in [3.8, 4) is 27.9 Å². The van der Waals surface area contributed by atoms with Gasteiger partial charge in [0, 0.05) is 53.7 Å². The summed E-state index contributed by atoms with van der Waals surface area (Å²) in [5.41, 5.74) is 11.8. The molecule has 0 N–H and O–H groups in total. The average molecular weight is 669 g/mol. The van der Waals surface area contributed by atoms with E-state index in [1.165, 1.54) is 64.2 Å². The summed E-state index contributed by atoms with van der Waals surface area (Å²) in [6, 6.07) is 70.1. The molecule has 0 saturated heterocycles. The van der Waals surface area contributed by atoms with Crippen LogP contribution in [0.5, 0.6) is 0 Å². The van der Waals surface area contributed by atoms with Gasteiger partial charge in [0.15, 0.2) is 0 Å². The molecule has 0 aliphatic carbocycles. The van der Waals surface area contributed by atoms with Crippen LogP contribution in [0.2, 0.25) is 0 Å². The van der Waals surface area contributed by atoms with Crippen molar-refractivity contribution in [2.45, 2.75) is 0 Å². The van der Waals surface area contributed by atoms with Crippen molar-refractivity contribution >= 4 is 70.4 Å². The summed E-state index contributed by atoms with van der Waals surface area (Å²) in [7, 11) is 0. The number of thiophene rings is 1. The van der Waals surface area contributed by atoms with Crippen molar-refractivity contribution in [2.24, 2.45) is 0 Å². The van der Waals surface area contributed by atoms with Crippen molar-refractivity contribution in [1.82, 2.24) is 4.57 Å². The third-order valence-electron chi connectivity index (χ3n) is 10.0. The van der Waals surface area contributed by atoms with E-state index in [4.69, 9.17) is 0 Å². The van der Waals surface area contributed by atoms with E-state index in [-0.39, 0.29) is 0 Å². The highest BCUT2D eigenvalue weighted by molar-refractivity contribution is 7.26. The van der Waals surface area contributed by atoms with Crippen LogP contribution in [0.3, 0.4) is 0 Å². The fourth-order valence-corrected chi connectivity index (χ4v) is 8.84. The SMILES string of the molecule is c1ccc(-c2ccc(N(c3ccccc3)c3ccc(-c4ccc(-n5c6ccccc6c6c7sc8ccccc8c7ccc65)cc4)cc3)cc2)cc1. The minimum Gasteiger partial charge on any atom is -0.311 e. The van der Waals surface area contributed by atoms with E-state index in [9.17, 15) is 0 Å². The second kappa shape index (κ2) is 12.2. The van der Waals surface area contributed by atoms with Crippen LogP contribution < -0.4 is 4.90 Å². The Balaban J connectivity index is 1.00. The maximum absolute atomic E-state index is 2.42. The molecule has 51 heavy (non-hydrogen) atoms. The van der Waals surface area contributed by atoms with Crippen molar-refractivity contribution in [3.05, 3.63) is 194 Å². The molecule has 10 rings (SSSR count). The van der Waals surface area contributed by atoms with E-state index in [2.05, 4.69) is 204 Å². The van der Waals surface area contributed by atoms with Gasteiger partial charge < -0.3 is 9.47 Å². The number of rotatable bonds is 6. The highest BCUT2D eigenvalue weighted by atomic mass is 32.1. The summed E-state index contributed by atoms with van der Waals surface area (Å²) in [6.07, 6.45) is 0. The summed E-state index contributed by atoms with van der Waals surface area (Å²) < 4.78 is 5.11. The maximum atomic E-state index is 2.42. The Morgan fingerprint density at radius 3 is 1.53 bits per heavy atom. The Labute approximate surface area is 300 Å². The molecular formula is C48H32N2S. The number of hydrogen-bond donors (Lipinski definition) is 0. The Morgan fingerprint density at radius 1 is 0.353 bits per heavy atom. The van der Waals surface area contributed by atoms with Gasteiger partial charge in [0.1, 0.15) is 0 Å². The fraction of sp³-hybridized carbons (Fsp3) is 0. The normalized spacial score (nSPS) is 11.5. The van der Waals surface area contributed by atoms with E-state index in [1.807, 2.05) is 11.3 Å². The van der Waals surface area contributed by atoms with Gasteiger partial charge in [-0.3, -0.25) is 0 Å². The van der Waals surface area contributed by atoms with E-state index in [0.717, 1.165) is 22.7 Å². The highest BCUT2D eigenvalue weighted by Gasteiger charge is 2.18. The van der Waals surface area contributed by atoms with E-state index in [0.29, 0.717) is 0 Å². The lowest BCUT2D eigenvalue weighted by Crippen LogP contribution is -2.09. The lowest BCUT2D eigenvalue weighted by atomic mass is 10.0. The van der Waals surface area contributed by atoms with Crippen LogP contribution in [-0.2, 0) is 0 Å². The highest BCUT2D eigenvalue weighted by Crippen LogP contribution is 2.43. The number of para-hydroxylation sites is 2.